The second kappa shape index (κ2) is 6.30. The Balaban J connectivity index is 1.44. The summed E-state index contributed by atoms with van der Waals surface area (Å²) in [6.45, 7) is 7.13. The lowest BCUT2D eigenvalue weighted by atomic mass is 9.58. The first-order valence-electron chi connectivity index (χ1n) is 8.38. The number of ether oxygens (including phenoxy) is 2. The van der Waals surface area contributed by atoms with Gasteiger partial charge < -0.3 is 19.5 Å². The van der Waals surface area contributed by atoms with E-state index < -0.39 is 0 Å². The Morgan fingerprint density at radius 3 is 2.75 bits per heavy atom. The number of aliphatic hydroxyl groups excluding tert-OH is 1. The SMILES string of the molecule is CCO[C@@H]1C[C@@H](O)C12CCN(CC[C@H]1CCCO1)CC2. The summed E-state index contributed by atoms with van der Waals surface area (Å²) in [5.41, 5.74) is 0.0658. The predicted molar refractivity (Wildman–Crippen MR) is 77.7 cm³/mol. The van der Waals surface area contributed by atoms with Crippen LogP contribution in [-0.2, 0) is 9.47 Å². The highest BCUT2D eigenvalue weighted by Crippen LogP contribution is 2.50. The van der Waals surface area contributed by atoms with Crippen molar-refractivity contribution in [2.75, 3.05) is 32.8 Å². The van der Waals surface area contributed by atoms with Crippen LogP contribution < -0.4 is 0 Å². The molecule has 3 fully saturated rings. The summed E-state index contributed by atoms with van der Waals surface area (Å²) in [6, 6.07) is 0. The first kappa shape index (κ1) is 14.8. The van der Waals surface area contributed by atoms with Gasteiger partial charge in [0.05, 0.1) is 18.3 Å². The summed E-state index contributed by atoms with van der Waals surface area (Å²) >= 11 is 0. The molecule has 0 aromatic rings. The van der Waals surface area contributed by atoms with Crippen molar-refractivity contribution >= 4 is 0 Å². The molecule has 0 aromatic carbocycles. The van der Waals surface area contributed by atoms with Crippen LogP contribution in [-0.4, -0.2) is 61.2 Å². The Morgan fingerprint density at radius 2 is 2.15 bits per heavy atom. The van der Waals surface area contributed by atoms with Crippen molar-refractivity contribution in [2.45, 2.75) is 63.8 Å². The van der Waals surface area contributed by atoms with E-state index in [1.807, 2.05) is 0 Å². The second-order valence-electron chi connectivity index (χ2n) is 6.69. The third kappa shape index (κ3) is 2.76. The van der Waals surface area contributed by atoms with E-state index in [-0.39, 0.29) is 11.5 Å². The zero-order chi connectivity index (χ0) is 14.0. The van der Waals surface area contributed by atoms with Gasteiger partial charge in [-0.2, -0.15) is 0 Å². The lowest BCUT2D eigenvalue weighted by molar-refractivity contribution is -0.209. The molecular formula is C16H29NO3. The van der Waals surface area contributed by atoms with E-state index in [0.29, 0.717) is 12.2 Å². The molecule has 4 nitrogen and oxygen atoms in total. The minimum atomic E-state index is -0.139. The molecular weight excluding hydrogens is 254 g/mol. The number of piperidine rings is 1. The molecule has 1 N–H and O–H groups in total. The van der Waals surface area contributed by atoms with E-state index in [1.165, 1.54) is 19.3 Å². The summed E-state index contributed by atoms with van der Waals surface area (Å²) in [4.78, 5) is 2.54. The fourth-order valence-electron chi connectivity index (χ4n) is 4.21. The number of hydrogen-bond donors (Lipinski definition) is 1. The van der Waals surface area contributed by atoms with Crippen LogP contribution >= 0.6 is 0 Å². The molecule has 20 heavy (non-hydrogen) atoms. The molecule has 3 atom stereocenters. The molecule has 4 heteroatoms. The minimum Gasteiger partial charge on any atom is -0.392 e. The molecule has 116 valence electrons. The average Bonchev–Trinajstić information content (AvgIpc) is 2.99. The highest BCUT2D eigenvalue weighted by Gasteiger charge is 2.55. The number of hydrogen-bond acceptors (Lipinski definition) is 4. The maximum atomic E-state index is 10.2. The third-order valence-electron chi connectivity index (χ3n) is 5.69. The molecule has 1 spiro atoms. The second-order valence-corrected chi connectivity index (χ2v) is 6.69. The third-order valence-corrected chi connectivity index (χ3v) is 5.69. The molecule has 3 rings (SSSR count). The summed E-state index contributed by atoms with van der Waals surface area (Å²) < 4.78 is 11.5. The molecule has 0 radical (unpaired) electrons. The van der Waals surface area contributed by atoms with Crippen molar-refractivity contribution < 1.29 is 14.6 Å². The zero-order valence-corrected chi connectivity index (χ0v) is 12.7. The quantitative estimate of drug-likeness (QED) is 0.835. The van der Waals surface area contributed by atoms with Gasteiger partial charge in [0.15, 0.2) is 0 Å². The van der Waals surface area contributed by atoms with Crippen LogP contribution in [0.1, 0.15) is 45.4 Å². The van der Waals surface area contributed by atoms with Gasteiger partial charge in [-0.15, -0.1) is 0 Å². The molecule has 0 aromatic heterocycles. The molecule has 2 saturated heterocycles. The minimum absolute atomic E-state index is 0.0658. The van der Waals surface area contributed by atoms with Gasteiger partial charge in [-0.3, -0.25) is 0 Å². The lowest BCUT2D eigenvalue weighted by Gasteiger charge is -2.56. The van der Waals surface area contributed by atoms with E-state index >= 15 is 0 Å². The van der Waals surface area contributed by atoms with Gasteiger partial charge in [0.25, 0.3) is 0 Å². The Hall–Kier alpha value is -0.160. The smallest absolute Gasteiger partial charge is 0.0681 e. The normalized spacial score (nSPS) is 37.2. The first-order chi connectivity index (χ1) is 9.74. The van der Waals surface area contributed by atoms with Gasteiger partial charge in [0, 0.05) is 31.6 Å². The van der Waals surface area contributed by atoms with E-state index in [9.17, 15) is 5.11 Å². The maximum Gasteiger partial charge on any atom is 0.0681 e. The molecule has 2 aliphatic heterocycles. The summed E-state index contributed by atoms with van der Waals surface area (Å²) in [5.74, 6) is 0. The molecule has 0 amide bonds. The van der Waals surface area contributed by atoms with Crippen LogP contribution in [0.25, 0.3) is 0 Å². The lowest BCUT2D eigenvalue weighted by Crippen LogP contribution is -2.62. The molecule has 0 unspecified atom stereocenters. The number of rotatable bonds is 5. The van der Waals surface area contributed by atoms with E-state index in [1.54, 1.807) is 0 Å². The Kier molecular flexibility index (Phi) is 4.65. The Bertz CT molecular complexity index is 307. The molecule has 3 aliphatic rings. The monoisotopic (exact) mass is 283 g/mol. The highest BCUT2D eigenvalue weighted by atomic mass is 16.5. The van der Waals surface area contributed by atoms with Crippen LogP contribution in [0.5, 0.6) is 0 Å². The van der Waals surface area contributed by atoms with Crippen LogP contribution in [0.15, 0.2) is 0 Å². The van der Waals surface area contributed by atoms with E-state index in [0.717, 1.165) is 52.1 Å². The van der Waals surface area contributed by atoms with Gasteiger partial charge in [0.1, 0.15) is 0 Å². The van der Waals surface area contributed by atoms with E-state index in [4.69, 9.17) is 9.47 Å². The van der Waals surface area contributed by atoms with Crippen LogP contribution in [0, 0.1) is 5.41 Å². The summed E-state index contributed by atoms with van der Waals surface area (Å²) in [5, 5.41) is 10.2. The predicted octanol–water partition coefficient (Wildman–Crippen LogP) is 1.81. The standard InChI is InChI=1S/C16H29NO3/c1-2-19-15-12-14(18)16(15)6-9-17(10-7-16)8-5-13-4-3-11-20-13/h13-15,18H,2-12H2,1H3/t13-,14-,15-/m1/s1. The van der Waals surface area contributed by atoms with Crippen LogP contribution in [0.3, 0.4) is 0 Å². The number of likely N-dealkylation sites (tertiary alicyclic amines) is 1. The van der Waals surface area contributed by atoms with Gasteiger partial charge in [-0.25, -0.2) is 0 Å². The van der Waals surface area contributed by atoms with Crippen LogP contribution in [0.4, 0.5) is 0 Å². The fraction of sp³-hybridized carbons (Fsp3) is 1.00. The Morgan fingerprint density at radius 1 is 1.35 bits per heavy atom. The molecule has 1 saturated carbocycles. The molecule has 0 bridgehead atoms. The first-order valence-corrected chi connectivity index (χ1v) is 8.38. The summed E-state index contributed by atoms with van der Waals surface area (Å²) in [6.07, 6.45) is 7.31. The van der Waals surface area contributed by atoms with Crippen molar-refractivity contribution in [1.82, 2.24) is 4.90 Å². The highest BCUT2D eigenvalue weighted by molar-refractivity contribution is 5.06. The summed E-state index contributed by atoms with van der Waals surface area (Å²) in [7, 11) is 0. The largest absolute Gasteiger partial charge is 0.392 e. The van der Waals surface area contributed by atoms with Crippen molar-refractivity contribution in [1.29, 1.82) is 0 Å². The maximum absolute atomic E-state index is 10.2. The van der Waals surface area contributed by atoms with Gasteiger partial charge in [-0.05, 0) is 52.1 Å². The van der Waals surface area contributed by atoms with Crippen molar-refractivity contribution in [3.63, 3.8) is 0 Å². The average molecular weight is 283 g/mol. The van der Waals surface area contributed by atoms with Crippen molar-refractivity contribution in [3.05, 3.63) is 0 Å². The van der Waals surface area contributed by atoms with E-state index in [2.05, 4.69) is 11.8 Å². The van der Waals surface area contributed by atoms with Crippen molar-refractivity contribution in [2.24, 2.45) is 5.41 Å². The molecule has 2 heterocycles. The van der Waals surface area contributed by atoms with Crippen LogP contribution in [0.2, 0.25) is 0 Å². The topological polar surface area (TPSA) is 41.9 Å². The zero-order valence-electron chi connectivity index (χ0n) is 12.7. The number of nitrogens with zero attached hydrogens (tertiary/aromatic N) is 1. The van der Waals surface area contributed by atoms with Gasteiger partial charge in [-0.1, -0.05) is 0 Å². The van der Waals surface area contributed by atoms with Gasteiger partial charge in [0.2, 0.25) is 0 Å². The Labute approximate surface area is 122 Å². The van der Waals surface area contributed by atoms with Crippen molar-refractivity contribution in [3.8, 4) is 0 Å². The number of aliphatic hydroxyl groups is 1. The molecule has 1 aliphatic carbocycles. The fourth-order valence-corrected chi connectivity index (χ4v) is 4.21. The van der Waals surface area contributed by atoms with Gasteiger partial charge >= 0.3 is 0 Å².